The zero-order valence-electron chi connectivity index (χ0n) is 9.53. The van der Waals surface area contributed by atoms with Crippen LogP contribution in [0.3, 0.4) is 0 Å². The number of carbonyl (C=O) groups excluding carboxylic acids is 1. The lowest BCUT2D eigenvalue weighted by atomic mass is 10.0. The summed E-state index contributed by atoms with van der Waals surface area (Å²) in [5.41, 5.74) is 5.57. The third-order valence-electron chi connectivity index (χ3n) is 2.35. The van der Waals surface area contributed by atoms with Gasteiger partial charge in [0.1, 0.15) is 0 Å². The largest absolute Gasteiger partial charge is 0.393 e. The summed E-state index contributed by atoms with van der Waals surface area (Å²) in [6.45, 7) is 2.52. The summed E-state index contributed by atoms with van der Waals surface area (Å²) in [5, 5.41) is 4.84. The van der Waals surface area contributed by atoms with Gasteiger partial charge in [0.05, 0.1) is 17.5 Å². The molecule has 1 aromatic rings. The Hall–Kier alpha value is -0.460. The van der Waals surface area contributed by atoms with E-state index in [1.54, 1.807) is 11.3 Å². The van der Waals surface area contributed by atoms with E-state index < -0.39 is 0 Å². The number of hydrogen-bond donors (Lipinski definition) is 2. The van der Waals surface area contributed by atoms with Gasteiger partial charge in [0.15, 0.2) is 0 Å². The van der Waals surface area contributed by atoms with E-state index in [4.69, 9.17) is 18.0 Å². The molecule has 17 heavy (non-hydrogen) atoms. The Morgan fingerprint density at radius 1 is 1.71 bits per heavy atom. The Balaban J connectivity index is 2.53. The molecule has 1 rings (SSSR count). The van der Waals surface area contributed by atoms with Gasteiger partial charge in [0, 0.05) is 9.35 Å². The van der Waals surface area contributed by atoms with Crippen molar-refractivity contribution in [2.24, 2.45) is 11.7 Å². The number of carbonyl (C=O) groups is 1. The highest BCUT2D eigenvalue weighted by atomic mass is 79.9. The van der Waals surface area contributed by atoms with Gasteiger partial charge in [-0.25, -0.2) is 0 Å². The Morgan fingerprint density at radius 2 is 2.41 bits per heavy atom. The molecule has 1 unspecified atom stereocenters. The van der Waals surface area contributed by atoms with Crippen molar-refractivity contribution in [1.29, 1.82) is 0 Å². The molecule has 3 nitrogen and oxygen atoms in total. The van der Waals surface area contributed by atoms with Crippen LogP contribution in [0.5, 0.6) is 0 Å². The van der Waals surface area contributed by atoms with Gasteiger partial charge in [-0.15, -0.1) is 11.3 Å². The Kier molecular flexibility index (Phi) is 6.08. The molecule has 1 amide bonds. The molecule has 0 aliphatic rings. The van der Waals surface area contributed by atoms with Crippen LogP contribution in [0.2, 0.25) is 0 Å². The molecule has 94 valence electrons. The fraction of sp³-hybridized carbons (Fsp3) is 0.455. The van der Waals surface area contributed by atoms with E-state index in [2.05, 4.69) is 21.2 Å². The summed E-state index contributed by atoms with van der Waals surface area (Å²) in [4.78, 5) is 13.3. The molecule has 0 radical (unpaired) electrons. The maximum atomic E-state index is 11.9. The fourth-order valence-corrected chi connectivity index (χ4v) is 3.09. The average Bonchev–Trinajstić information content (AvgIpc) is 2.68. The normalized spacial score (nSPS) is 12.1. The first-order valence-electron chi connectivity index (χ1n) is 5.35. The molecule has 0 bridgehead atoms. The first-order chi connectivity index (χ1) is 8.06. The van der Waals surface area contributed by atoms with Gasteiger partial charge in [-0.2, -0.15) is 0 Å². The van der Waals surface area contributed by atoms with Crippen molar-refractivity contribution in [3.05, 3.63) is 20.8 Å². The molecule has 0 aliphatic heterocycles. The molecule has 3 N–H and O–H groups in total. The summed E-state index contributed by atoms with van der Waals surface area (Å²) >= 11 is 9.93. The van der Waals surface area contributed by atoms with Crippen molar-refractivity contribution in [3.63, 3.8) is 0 Å². The predicted octanol–water partition coefficient (Wildman–Crippen LogP) is 2.83. The standard InChI is InChI=1S/C11H15BrN2OS2/c1-2-3-7(10(13)16)11(15)14-6-9-8(12)4-5-17-9/h4-5,7H,2-3,6H2,1H3,(H2,13,16)(H,14,15). The first-order valence-corrected chi connectivity index (χ1v) is 7.43. The summed E-state index contributed by atoms with van der Waals surface area (Å²) in [5.74, 6) is -0.437. The molecule has 6 heteroatoms. The van der Waals surface area contributed by atoms with E-state index in [-0.39, 0.29) is 16.8 Å². The second kappa shape index (κ2) is 7.08. The molecule has 1 aromatic heterocycles. The van der Waals surface area contributed by atoms with Gasteiger partial charge in [-0.05, 0) is 33.8 Å². The Labute approximate surface area is 119 Å². The minimum absolute atomic E-state index is 0.0837. The zero-order valence-corrected chi connectivity index (χ0v) is 12.8. The van der Waals surface area contributed by atoms with Crippen molar-refractivity contribution in [2.75, 3.05) is 0 Å². The quantitative estimate of drug-likeness (QED) is 0.786. The highest BCUT2D eigenvalue weighted by Crippen LogP contribution is 2.22. The predicted molar refractivity (Wildman–Crippen MR) is 79.0 cm³/mol. The van der Waals surface area contributed by atoms with E-state index in [0.29, 0.717) is 13.0 Å². The van der Waals surface area contributed by atoms with Crippen LogP contribution in [0.15, 0.2) is 15.9 Å². The molecule has 1 heterocycles. The number of rotatable bonds is 6. The lowest BCUT2D eigenvalue weighted by molar-refractivity contribution is -0.123. The molecule has 0 spiro atoms. The SMILES string of the molecule is CCCC(C(=O)NCc1sccc1Br)C(N)=S. The topological polar surface area (TPSA) is 55.1 Å². The number of halogens is 1. The summed E-state index contributed by atoms with van der Waals surface area (Å²) in [6, 6.07) is 1.96. The van der Waals surface area contributed by atoms with Gasteiger partial charge in [0.2, 0.25) is 5.91 Å². The van der Waals surface area contributed by atoms with Crippen LogP contribution in [0.25, 0.3) is 0 Å². The van der Waals surface area contributed by atoms with Gasteiger partial charge in [-0.1, -0.05) is 25.6 Å². The van der Waals surface area contributed by atoms with Crippen LogP contribution >= 0.6 is 39.5 Å². The zero-order chi connectivity index (χ0) is 12.8. The van der Waals surface area contributed by atoms with Gasteiger partial charge >= 0.3 is 0 Å². The van der Waals surface area contributed by atoms with Crippen molar-refractivity contribution in [1.82, 2.24) is 5.32 Å². The highest BCUT2D eigenvalue weighted by molar-refractivity contribution is 9.10. The van der Waals surface area contributed by atoms with Crippen molar-refractivity contribution >= 4 is 50.4 Å². The summed E-state index contributed by atoms with van der Waals surface area (Å²) < 4.78 is 1.02. The molecular formula is C11H15BrN2OS2. The number of nitrogens with one attached hydrogen (secondary N) is 1. The number of amides is 1. The fourth-order valence-electron chi connectivity index (χ4n) is 1.43. The van der Waals surface area contributed by atoms with E-state index in [9.17, 15) is 4.79 Å². The number of hydrogen-bond acceptors (Lipinski definition) is 3. The molecule has 0 aliphatic carbocycles. The van der Waals surface area contributed by atoms with E-state index in [1.807, 2.05) is 18.4 Å². The smallest absolute Gasteiger partial charge is 0.230 e. The van der Waals surface area contributed by atoms with Crippen molar-refractivity contribution in [3.8, 4) is 0 Å². The molecule has 0 fully saturated rings. The average molecular weight is 335 g/mol. The lowest BCUT2D eigenvalue weighted by Crippen LogP contribution is -2.37. The van der Waals surface area contributed by atoms with Gasteiger partial charge in [0.25, 0.3) is 0 Å². The lowest BCUT2D eigenvalue weighted by Gasteiger charge is -2.14. The van der Waals surface area contributed by atoms with Gasteiger partial charge in [-0.3, -0.25) is 4.79 Å². The molecular weight excluding hydrogens is 320 g/mol. The van der Waals surface area contributed by atoms with Crippen LogP contribution in [-0.2, 0) is 11.3 Å². The number of thiocarbonyl (C=S) groups is 1. The number of thiophene rings is 1. The van der Waals surface area contributed by atoms with Crippen molar-refractivity contribution in [2.45, 2.75) is 26.3 Å². The summed E-state index contributed by atoms with van der Waals surface area (Å²) in [6.07, 6.45) is 1.59. The monoisotopic (exact) mass is 334 g/mol. The van der Waals surface area contributed by atoms with E-state index in [0.717, 1.165) is 15.8 Å². The Morgan fingerprint density at radius 3 is 2.88 bits per heavy atom. The maximum absolute atomic E-state index is 11.9. The second-order valence-corrected chi connectivity index (χ2v) is 5.98. The molecule has 0 aromatic carbocycles. The third-order valence-corrected chi connectivity index (χ3v) is 4.56. The van der Waals surface area contributed by atoms with Gasteiger partial charge < -0.3 is 11.1 Å². The van der Waals surface area contributed by atoms with Crippen LogP contribution in [0.1, 0.15) is 24.6 Å². The van der Waals surface area contributed by atoms with Crippen LogP contribution in [0.4, 0.5) is 0 Å². The van der Waals surface area contributed by atoms with Crippen LogP contribution in [-0.4, -0.2) is 10.9 Å². The van der Waals surface area contributed by atoms with Crippen LogP contribution in [0, 0.1) is 5.92 Å². The Bertz CT molecular complexity index is 406. The summed E-state index contributed by atoms with van der Waals surface area (Å²) in [7, 11) is 0. The molecule has 0 saturated heterocycles. The minimum Gasteiger partial charge on any atom is -0.393 e. The number of nitrogens with two attached hydrogens (primary N) is 1. The van der Waals surface area contributed by atoms with E-state index >= 15 is 0 Å². The first kappa shape index (κ1) is 14.6. The molecule has 0 saturated carbocycles. The van der Waals surface area contributed by atoms with Crippen molar-refractivity contribution < 1.29 is 4.79 Å². The second-order valence-electron chi connectivity index (χ2n) is 3.65. The van der Waals surface area contributed by atoms with Crippen LogP contribution < -0.4 is 11.1 Å². The minimum atomic E-state index is -0.353. The van der Waals surface area contributed by atoms with E-state index in [1.165, 1.54) is 0 Å². The third kappa shape index (κ3) is 4.37. The highest BCUT2D eigenvalue weighted by Gasteiger charge is 2.20. The maximum Gasteiger partial charge on any atom is 0.230 e. The molecule has 1 atom stereocenters.